The molecule has 0 aliphatic heterocycles. The molecule has 0 fully saturated rings. The molecule has 0 spiro atoms. The van der Waals surface area contributed by atoms with Crippen molar-refractivity contribution in [3.05, 3.63) is 35.6 Å². The van der Waals surface area contributed by atoms with E-state index in [4.69, 9.17) is 4.74 Å². The Morgan fingerprint density at radius 2 is 1.94 bits per heavy atom. The Kier molecular flexibility index (Phi) is 6.48. The minimum Gasteiger partial charge on any atom is -0.374 e. The van der Waals surface area contributed by atoms with Crippen molar-refractivity contribution in [1.29, 1.82) is 0 Å². The molecule has 0 radical (unpaired) electrons. The summed E-state index contributed by atoms with van der Waals surface area (Å²) in [6.07, 6.45) is 3.59. The summed E-state index contributed by atoms with van der Waals surface area (Å²) in [7, 11) is 0. The maximum atomic E-state index is 12.6. The Morgan fingerprint density at radius 1 is 1.24 bits per heavy atom. The number of hydrogen-bond donors (Lipinski definition) is 0. The molecule has 3 heteroatoms. The molecule has 1 aromatic rings. The Hall–Kier alpha value is -1.22. The van der Waals surface area contributed by atoms with Gasteiger partial charge in [-0.15, -0.1) is 0 Å². The maximum Gasteiger partial charge on any atom is 0.162 e. The van der Waals surface area contributed by atoms with Crippen molar-refractivity contribution in [3.8, 4) is 0 Å². The zero-order chi connectivity index (χ0) is 12.5. The van der Waals surface area contributed by atoms with Crippen molar-refractivity contribution in [2.24, 2.45) is 0 Å². The molecular weight excluding hydrogens is 219 g/mol. The van der Waals surface area contributed by atoms with Crippen LogP contribution in [0.3, 0.4) is 0 Å². The van der Waals surface area contributed by atoms with E-state index in [1.54, 1.807) is 12.1 Å². The minimum absolute atomic E-state index is 0.0353. The molecule has 0 saturated carbocycles. The lowest BCUT2D eigenvalue weighted by Gasteiger charge is -2.03. The minimum atomic E-state index is -0.281. The fourth-order valence-corrected chi connectivity index (χ4v) is 1.52. The molecule has 1 rings (SSSR count). The van der Waals surface area contributed by atoms with Crippen LogP contribution >= 0.6 is 0 Å². The van der Waals surface area contributed by atoms with Gasteiger partial charge in [0.15, 0.2) is 5.78 Å². The number of ketones is 1. The first-order valence-corrected chi connectivity index (χ1v) is 6.06. The third-order valence-corrected chi connectivity index (χ3v) is 2.47. The van der Waals surface area contributed by atoms with E-state index in [2.05, 4.69) is 6.92 Å². The first-order valence-electron chi connectivity index (χ1n) is 6.06. The topological polar surface area (TPSA) is 26.3 Å². The van der Waals surface area contributed by atoms with Crippen LogP contribution in [-0.2, 0) is 16.0 Å². The third kappa shape index (κ3) is 6.17. The van der Waals surface area contributed by atoms with Gasteiger partial charge in [0.1, 0.15) is 12.4 Å². The number of hydrogen-bond acceptors (Lipinski definition) is 2. The summed E-state index contributed by atoms with van der Waals surface area (Å²) in [5.74, 6) is -0.245. The summed E-state index contributed by atoms with van der Waals surface area (Å²) in [6.45, 7) is 2.92. The van der Waals surface area contributed by atoms with Crippen molar-refractivity contribution in [3.63, 3.8) is 0 Å². The number of carbonyl (C=O) groups is 1. The normalized spacial score (nSPS) is 10.5. The van der Waals surface area contributed by atoms with Gasteiger partial charge in [0.05, 0.1) is 0 Å². The summed E-state index contributed by atoms with van der Waals surface area (Å²) >= 11 is 0. The third-order valence-electron chi connectivity index (χ3n) is 2.47. The van der Waals surface area contributed by atoms with Crippen LogP contribution in [0.2, 0.25) is 0 Å². The van der Waals surface area contributed by atoms with E-state index in [-0.39, 0.29) is 18.2 Å². The molecule has 0 aliphatic carbocycles. The van der Waals surface area contributed by atoms with E-state index in [0.29, 0.717) is 13.0 Å². The second kappa shape index (κ2) is 7.96. The Morgan fingerprint density at radius 3 is 2.59 bits per heavy atom. The number of unbranched alkanes of at least 4 members (excludes halogenated alkanes) is 2. The SMILES string of the molecule is CCCCCOCC(=O)Cc1ccc(F)cc1. The van der Waals surface area contributed by atoms with Crippen molar-refractivity contribution in [1.82, 2.24) is 0 Å². The molecule has 0 aromatic heterocycles. The molecule has 0 atom stereocenters. The van der Waals surface area contributed by atoms with Crippen LogP contribution < -0.4 is 0 Å². The molecule has 17 heavy (non-hydrogen) atoms. The van der Waals surface area contributed by atoms with Gasteiger partial charge >= 0.3 is 0 Å². The second-order valence-electron chi connectivity index (χ2n) is 4.10. The largest absolute Gasteiger partial charge is 0.374 e. The van der Waals surface area contributed by atoms with Crippen LogP contribution in [-0.4, -0.2) is 19.0 Å². The van der Waals surface area contributed by atoms with E-state index in [0.717, 1.165) is 24.8 Å². The van der Waals surface area contributed by atoms with Crippen LogP contribution in [0.4, 0.5) is 4.39 Å². The molecular formula is C14H19FO2. The molecule has 0 N–H and O–H groups in total. The highest BCUT2D eigenvalue weighted by Crippen LogP contribution is 2.04. The molecule has 0 bridgehead atoms. The van der Waals surface area contributed by atoms with Crippen LogP contribution in [0.15, 0.2) is 24.3 Å². The number of carbonyl (C=O) groups excluding carboxylic acids is 1. The Labute approximate surface area is 102 Å². The summed E-state index contributed by atoms with van der Waals surface area (Å²) in [6, 6.07) is 5.99. The molecule has 0 aliphatic rings. The second-order valence-corrected chi connectivity index (χ2v) is 4.10. The highest BCUT2D eigenvalue weighted by atomic mass is 19.1. The van der Waals surface area contributed by atoms with Crippen molar-refractivity contribution >= 4 is 5.78 Å². The summed E-state index contributed by atoms with van der Waals surface area (Å²) in [4.78, 5) is 11.5. The maximum absolute atomic E-state index is 12.6. The molecule has 0 heterocycles. The Bertz CT molecular complexity index is 333. The summed E-state index contributed by atoms with van der Waals surface area (Å²) in [5.41, 5.74) is 0.827. The van der Waals surface area contributed by atoms with Crippen LogP contribution in [0.1, 0.15) is 31.7 Å². The van der Waals surface area contributed by atoms with Gasteiger partial charge in [-0.1, -0.05) is 31.9 Å². The fourth-order valence-electron chi connectivity index (χ4n) is 1.52. The van der Waals surface area contributed by atoms with Gasteiger partial charge in [0.2, 0.25) is 0 Å². The van der Waals surface area contributed by atoms with Gasteiger partial charge in [-0.3, -0.25) is 4.79 Å². The fraction of sp³-hybridized carbons (Fsp3) is 0.500. The van der Waals surface area contributed by atoms with Gasteiger partial charge < -0.3 is 4.74 Å². The number of Topliss-reactive ketones (excluding diaryl/α,β-unsaturated/α-hetero) is 1. The lowest BCUT2D eigenvalue weighted by Crippen LogP contribution is -2.12. The highest BCUT2D eigenvalue weighted by Gasteiger charge is 2.04. The van der Waals surface area contributed by atoms with Crippen molar-refractivity contribution in [2.45, 2.75) is 32.6 Å². The predicted molar refractivity (Wildman–Crippen MR) is 65.5 cm³/mol. The van der Waals surface area contributed by atoms with Gasteiger partial charge in [-0.05, 0) is 24.1 Å². The molecule has 0 amide bonds. The summed E-state index contributed by atoms with van der Waals surface area (Å²) < 4.78 is 17.9. The number of rotatable bonds is 8. The lowest BCUT2D eigenvalue weighted by atomic mass is 10.1. The van der Waals surface area contributed by atoms with Gasteiger partial charge in [-0.25, -0.2) is 4.39 Å². The predicted octanol–water partition coefficient (Wildman–Crippen LogP) is 3.14. The average molecular weight is 238 g/mol. The molecule has 2 nitrogen and oxygen atoms in total. The first-order chi connectivity index (χ1) is 8.22. The zero-order valence-electron chi connectivity index (χ0n) is 10.2. The van der Waals surface area contributed by atoms with Crippen LogP contribution in [0, 0.1) is 5.82 Å². The van der Waals surface area contributed by atoms with E-state index in [1.165, 1.54) is 12.1 Å². The van der Waals surface area contributed by atoms with E-state index in [9.17, 15) is 9.18 Å². The number of halogens is 1. The van der Waals surface area contributed by atoms with Crippen molar-refractivity contribution < 1.29 is 13.9 Å². The number of ether oxygens (including phenoxy) is 1. The van der Waals surface area contributed by atoms with Crippen LogP contribution in [0.5, 0.6) is 0 Å². The quantitative estimate of drug-likeness (QED) is 0.650. The van der Waals surface area contributed by atoms with Gasteiger partial charge in [0, 0.05) is 13.0 Å². The zero-order valence-corrected chi connectivity index (χ0v) is 10.2. The Balaban J connectivity index is 2.18. The smallest absolute Gasteiger partial charge is 0.162 e. The van der Waals surface area contributed by atoms with Gasteiger partial charge in [-0.2, -0.15) is 0 Å². The standard InChI is InChI=1S/C14H19FO2/c1-2-3-4-9-17-11-14(16)10-12-5-7-13(15)8-6-12/h5-8H,2-4,9-11H2,1H3. The molecule has 94 valence electrons. The highest BCUT2D eigenvalue weighted by molar-refractivity contribution is 5.82. The van der Waals surface area contributed by atoms with Crippen molar-refractivity contribution in [2.75, 3.05) is 13.2 Å². The molecule has 0 unspecified atom stereocenters. The van der Waals surface area contributed by atoms with E-state index >= 15 is 0 Å². The van der Waals surface area contributed by atoms with E-state index < -0.39 is 0 Å². The summed E-state index contributed by atoms with van der Waals surface area (Å²) in [5, 5.41) is 0. The van der Waals surface area contributed by atoms with Gasteiger partial charge in [0.25, 0.3) is 0 Å². The first kappa shape index (κ1) is 13.8. The van der Waals surface area contributed by atoms with Crippen LogP contribution in [0.25, 0.3) is 0 Å². The number of benzene rings is 1. The molecule has 0 saturated heterocycles. The molecule has 1 aromatic carbocycles. The monoisotopic (exact) mass is 238 g/mol. The van der Waals surface area contributed by atoms with E-state index in [1.807, 2.05) is 0 Å². The lowest BCUT2D eigenvalue weighted by molar-refractivity contribution is -0.122. The average Bonchev–Trinajstić information content (AvgIpc) is 2.32.